The second-order valence-electron chi connectivity index (χ2n) is 5.59. The molecule has 0 aliphatic heterocycles. The van der Waals surface area contributed by atoms with Crippen molar-refractivity contribution in [1.82, 2.24) is 4.90 Å². The molecule has 0 aromatic heterocycles. The summed E-state index contributed by atoms with van der Waals surface area (Å²) in [5, 5.41) is 9.97. The van der Waals surface area contributed by atoms with Gasteiger partial charge in [-0.2, -0.15) is 0 Å². The zero-order valence-corrected chi connectivity index (χ0v) is 10.4. The van der Waals surface area contributed by atoms with Crippen molar-refractivity contribution in [3.8, 4) is 0 Å². The highest BCUT2D eigenvalue weighted by Gasteiger charge is 2.33. The van der Waals surface area contributed by atoms with Crippen molar-refractivity contribution >= 4 is 0 Å². The van der Waals surface area contributed by atoms with E-state index in [1.807, 2.05) is 6.92 Å². The smallest absolute Gasteiger partial charge is 0.0867 e. The van der Waals surface area contributed by atoms with Crippen molar-refractivity contribution < 1.29 is 5.11 Å². The van der Waals surface area contributed by atoms with Gasteiger partial charge in [0.15, 0.2) is 0 Å². The third-order valence-corrected chi connectivity index (χ3v) is 3.04. The summed E-state index contributed by atoms with van der Waals surface area (Å²) in [5.74, 6) is 0.731. The van der Waals surface area contributed by atoms with Crippen molar-refractivity contribution in [2.45, 2.75) is 51.7 Å². The maximum absolute atomic E-state index is 9.97. The van der Waals surface area contributed by atoms with Crippen molar-refractivity contribution in [2.24, 2.45) is 11.7 Å². The normalized spacial score (nSPS) is 21.0. The van der Waals surface area contributed by atoms with Crippen LogP contribution in [0.25, 0.3) is 0 Å². The molecule has 3 heteroatoms. The van der Waals surface area contributed by atoms with Crippen LogP contribution in [-0.4, -0.2) is 41.3 Å². The van der Waals surface area contributed by atoms with Gasteiger partial charge >= 0.3 is 0 Å². The first-order valence-electron chi connectivity index (χ1n) is 6.11. The summed E-state index contributed by atoms with van der Waals surface area (Å²) in [6, 6.07) is 0.710. The highest BCUT2D eigenvalue weighted by molar-refractivity contribution is 4.89. The molecule has 0 radical (unpaired) electrons. The van der Waals surface area contributed by atoms with Crippen LogP contribution in [-0.2, 0) is 0 Å². The Kier molecular flexibility index (Phi) is 4.56. The highest BCUT2D eigenvalue weighted by atomic mass is 16.3. The number of rotatable bonds is 7. The van der Waals surface area contributed by atoms with Crippen molar-refractivity contribution in [2.75, 3.05) is 19.6 Å². The molecule has 0 aromatic rings. The average molecular weight is 214 g/mol. The van der Waals surface area contributed by atoms with Crippen LogP contribution >= 0.6 is 0 Å². The minimum Gasteiger partial charge on any atom is -0.388 e. The van der Waals surface area contributed by atoms with Gasteiger partial charge in [-0.15, -0.1) is 0 Å². The lowest BCUT2D eigenvalue weighted by atomic mass is 10.1. The first-order valence-corrected chi connectivity index (χ1v) is 6.11. The first kappa shape index (κ1) is 12.9. The predicted octanol–water partition coefficient (Wildman–Crippen LogP) is 1.21. The van der Waals surface area contributed by atoms with Crippen LogP contribution in [0.3, 0.4) is 0 Å². The largest absolute Gasteiger partial charge is 0.388 e. The fourth-order valence-electron chi connectivity index (χ4n) is 1.76. The van der Waals surface area contributed by atoms with E-state index in [0.717, 1.165) is 19.0 Å². The van der Waals surface area contributed by atoms with E-state index in [1.165, 1.54) is 19.3 Å². The van der Waals surface area contributed by atoms with E-state index in [0.29, 0.717) is 12.6 Å². The van der Waals surface area contributed by atoms with E-state index in [1.54, 1.807) is 0 Å². The molecule has 15 heavy (non-hydrogen) atoms. The summed E-state index contributed by atoms with van der Waals surface area (Å²) in [6.45, 7) is 8.48. The molecule has 0 heterocycles. The average Bonchev–Trinajstić information content (AvgIpc) is 2.95. The Morgan fingerprint density at radius 1 is 1.47 bits per heavy atom. The van der Waals surface area contributed by atoms with Gasteiger partial charge in [0.25, 0.3) is 0 Å². The van der Waals surface area contributed by atoms with Crippen LogP contribution in [0.5, 0.6) is 0 Å². The molecule has 3 N–H and O–H groups in total. The van der Waals surface area contributed by atoms with Gasteiger partial charge < -0.3 is 10.8 Å². The van der Waals surface area contributed by atoms with Crippen molar-refractivity contribution in [3.05, 3.63) is 0 Å². The van der Waals surface area contributed by atoms with Gasteiger partial charge in [-0.3, -0.25) is 4.90 Å². The number of aliphatic hydroxyl groups is 1. The van der Waals surface area contributed by atoms with Crippen LogP contribution in [0.15, 0.2) is 0 Å². The Morgan fingerprint density at radius 3 is 2.47 bits per heavy atom. The highest BCUT2D eigenvalue weighted by Crippen LogP contribution is 2.28. The molecule has 1 fully saturated rings. The molecular formula is C12H26N2O. The summed E-state index contributed by atoms with van der Waals surface area (Å²) < 4.78 is 0. The van der Waals surface area contributed by atoms with Gasteiger partial charge in [0, 0.05) is 19.1 Å². The SMILES string of the molecule is CC(C)CCN(CC(C)(O)CN)C1CC1. The summed E-state index contributed by atoms with van der Waals surface area (Å²) in [4.78, 5) is 2.41. The van der Waals surface area contributed by atoms with E-state index >= 15 is 0 Å². The molecule has 1 rings (SSSR count). The summed E-state index contributed by atoms with van der Waals surface area (Å²) >= 11 is 0. The molecule has 1 atom stereocenters. The Hall–Kier alpha value is -0.120. The van der Waals surface area contributed by atoms with E-state index < -0.39 is 5.60 Å². The molecule has 1 unspecified atom stereocenters. The Bertz CT molecular complexity index is 188. The maximum Gasteiger partial charge on any atom is 0.0867 e. The molecule has 0 bridgehead atoms. The summed E-state index contributed by atoms with van der Waals surface area (Å²) in [5.41, 5.74) is 4.83. The van der Waals surface area contributed by atoms with Crippen LogP contribution in [0.2, 0.25) is 0 Å². The Morgan fingerprint density at radius 2 is 2.07 bits per heavy atom. The van der Waals surface area contributed by atoms with E-state index in [4.69, 9.17) is 5.73 Å². The van der Waals surface area contributed by atoms with Crippen LogP contribution < -0.4 is 5.73 Å². The van der Waals surface area contributed by atoms with Crippen LogP contribution in [0, 0.1) is 5.92 Å². The molecular weight excluding hydrogens is 188 g/mol. The number of hydrogen-bond donors (Lipinski definition) is 2. The second kappa shape index (κ2) is 5.28. The van der Waals surface area contributed by atoms with Crippen molar-refractivity contribution in [3.63, 3.8) is 0 Å². The Balaban J connectivity index is 2.37. The lowest BCUT2D eigenvalue weighted by Gasteiger charge is -2.31. The van der Waals surface area contributed by atoms with E-state index in [-0.39, 0.29) is 0 Å². The maximum atomic E-state index is 9.97. The first-order chi connectivity index (χ1) is 6.94. The molecule has 3 nitrogen and oxygen atoms in total. The lowest BCUT2D eigenvalue weighted by molar-refractivity contribution is 0.0232. The zero-order valence-electron chi connectivity index (χ0n) is 10.4. The molecule has 0 aromatic carbocycles. The topological polar surface area (TPSA) is 49.5 Å². The number of nitrogens with two attached hydrogens (primary N) is 1. The third kappa shape index (κ3) is 4.96. The van der Waals surface area contributed by atoms with Crippen LogP contribution in [0.1, 0.15) is 40.0 Å². The summed E-state index contributed by atoms with van der Waals surface area (Å²) in [6.07, 6.45) is 3.79. The lowest BCUT2D eigenvalue weighted by Crippen LogP contribution is -2.47. The number of hydrogen-bond acceptors (Lipinski definition) is 3. The third-order valence-electron chi connectivity index (χ3n) is 3.04. The predicted molar refractivity (Wildman–Crippen MR) is 63.7 cm³/mol. The fraction of sp³-hybridized carbons (Fsp3) is 1.00. The standard InChI is InChI=1S/C12H26N2O/c1-10(2)6-7-14(11-4-5-11)9-12(3,15)8-13/h10-11,15H,4-9,13H2,1-3H3. The van der Waals surface area contributed by atoms with Gasteiger partial charge in [-0.1, -0.05) is 13.8 Å². The van der Waals surface area contributed by atoms with Gasteiger partial charge in [0.1, 0.15) is 0 Å². The molecule has 0 spiro atoms. The van der Waals surface area contributed by atoms with E-state index in [9.17, 15) is 5.11 Å². The molecule has 0 saturated heterocycles. The minimum absolute atomic E-state index is 0.345. The van der Waals surface area contributed by atoms with Gasteiger partial charge in [0.05, 0.1) is 5.60 Å². The van der Waals surface area contributed by atoms with Gasteiger partial charge in [-0.05, 0) is 38.6 Å². The summed E-state index contributed by atoms with van der Waals surface area (Å²) in [7, 11) is 0. The molecule has 1 aliphatic rings. The van der Waals surface area contributed by atoms with Gasteiger partial charge in [0.2, 0.25) is 0 Å². The molecule has 1 aliphatic carbocycles. The fourth-order valence-corrected chi connectivity index (χ4v) is 1.76. The zero-order chi connectivity index (χ0) is 11.5. The second-order valence-corrected chi connectivity index (χ2v) is 5.59. The minimum atomic E-state index is -0.723. The van der Waals surface area contributed by atoms with E-state index in [2.05, 4.69) is 18.7 Å². The Labute approximate surface area is 93.6 Å². The van der Waals surface area contributed by atoms with Crippen LogP contribution in [0.4, 0.5) is 0 Å². The molecule has 0 amide bonds. The van der Waals surface area contributed by atoms with Gasteiger partial charge in [-0.25, -0.2) is 0 Å². The number of nitrogens with zero attached hydrogens (tertiary/aromatic N) is 1. The quantitative estimate of drug-likeness (QED) is 0.669. The van der Waals surface area contributed by atoms with Crippen molar-refractivity contribution in [1.29, 1.82) is 0 Å². The molecule has 1 saturated carbocycles. The monoisotopic (exact) mass is 214 g/mol. The molecule has 90 valence electrons.